The number of morpholine rings is 1. The first-order chi connectivity index (χ1) is 9.09. The number of phenols is 1. The van der Waals surface area contributed by atoms with Crippen LogP contribution in [0.4, 0.5) is 0 Å². The second kappa shape index (κ2) is 7.83. The maximum absolute atomic E-state index is 12.1. The SMILES string of the molecule is Cl.O=S(=O)(CCCN1CCOCC1)c1ccccc1O. The van der Waals surface area contributed by atoms with Gasteiger partial charge in [-0.3, -0.25) is 4.90 Å². The largest absolute Gasteiger partial charge is 0.507 e. The summed E-state index contributed by atoms with van der Waals surface area (Å²) >= 11 is 0. The molecule has 1 aromatic rings. The topological polar surface area (TPSA) is 66.8 Å². The zero-order chi connectivity index (χ0) is 13.7. The molecule has 7 heteroatoms. The Morgan fingerprint density at radius 1 is 1.20 bits per heavy atom. The molecule has 114 valence electrons. The van der Waals surface area contributed by atoms with Gasteiger partial charge >= 0.3 is 0 Å². The molecule has 0 amide bonds. The molecule has 0 aromatic heterocycles. The second-order valence-electron chi connectivity index (χ2n) is 4.59. The summed E-state index contributed by atoms with van der Waals surface area (Å²) in [6.07, 6.45) is 0.566. The van der Waals surface area contributed by atoms with Crippen LogP contribution in [0.2, 0.25) is 0 Å². The van der Waals surface area contributed by atoms with Crippen molar-refractivity contribution in [2.75, 3.05) is 38.6 Å². The minimum atomic E-state index is -3.40. The van der Waals surface area contributed by atoms with E-state index < -0.39 is 9.84 Å². The molecule has 1 N–H and O–H groups in total. The first-order valence-corrected chi connectivity index (χ1v) is 8.06. The molecule has 1 aromatic carbocycles. The van der Waals surface area contributed by atoms with Gasteiger partial charge < -0.3 is 9.84 Å². The monoisotopic (exact) mass is 321 g/mol. The van der Waals surface area contributed by atoms with Gasteiger partial charge in [-0.1, -0.05) is 12.1 Å². The summed E-state index contributed by atoms with van der Waals surface area (Å²) in [6.45, 7) is 3.89. The molecule has 0 aliphatic carbocycles. The summed E-state index contributed by atoms with van der Waals surface area (Å²) in [4.78, 5) is 2.22. The van der Waals surface area contributed by atoms with Gasteiger partial charge in [0.15, 0.2) is 9.84 Å². The Bertz CT molecular complexity index is 515. The van der Waals surface area contributed by atoms with Gasteiger partial charge in [0.05, 0.1) is 19.0 Å². The van der Waals surface area contributed by atoms with E-state index >= 15 is 0 Å². The first-order valence-electron chi connectivity index (χ1n) is 6.40. The Labute approximate surface area is 125 Å². The van der Waals surface area contributed by atoms with Crippen LogP contribution < -0.4 is 0 Å². The van der Waals surface area contributed by atoms with Crippen molar-refractivity contribution in [1.82, 2.24) is 4.90 Å². The first kappa shape index (κ1) is 17.2. The van der Waals surface area contributed by atoms with Crippen molar-refractivity contribution in [3.63, 3.8) is 0 Å². The van der Waals surface area contributed by atoms with Crippen LogP contribution in [0.25, 0.3) is 0 Å². The van der Waals surface area contributed by atoms with E-state index in [1.165, 1.54) is 12.1 Å². The van der Waals surface area contributed by atoms with Crippen molar-refractivity contribution >= 4 is 22.2 Å². The summed E-state index contributed by atoms with van der Waals surface area (Å²) in [5.41, 5.74) is 0. The van der Waals surface area contributed by atoms with Gasteiger partial charge in [0.2, 0.25) is 0 Å². The minimum Gasteiger partial charge on any atom is -0.507 e. The summed E-state index contributed by atoms with van der Waals surface area (Å²) in [5, 5.41) is 9.59. The van der Waals surface area contributed by atoms with Crippen LogP contribution in [0.1, 0.15) is 6.42 Å². The van der Waals surface area contributed by atoms with E-state index in [0.29, 0.717) is 19.6 Å². The Kier molecular flexibility index (Phi) is 6.75. The molecule has 0 radical (unpaired) electrons. The Morgan fingerprint density at radius 3 is 2.50 bits per heavy atom. The van der Waals surface area contributed by atoms with Crippen molar-refractivity contribution in [3.8, 4) is 5.75 Å². The normalized spacial score (nSPS) is 16.6. The highest BCUT2D eigenvalue weighted by Gasteiger charge is 2.19. The highest BCUT2D eigenvalue weighted by Crippen LogP contribution is 2.23. The summed E-state index contributed by atoms with van der Waals surface area (Å²) < 4.78 is 29.4. The smallest absolute Gasteiger partial charge is 0.182 e. The Balaban J connectivity index is 0.00000200. The standard InChI is InChI=1S/C13H19NO4S.ClH/c15-12-4-1-2-5-13(12)19(16,17)11-3-6-14-7-9-18-10-8-14;/h1-2,4-5,15H,3,6-11H2;1H. The lowest BCUT2D eigenvalue weighted by Gasteiger charge is -2.26. The molecule has 20 heavy (non-hydrogen) atoms. The van der Waals surface area contributed by atoms with Crippen molar-refractivity contribution < 1.29 is 18.3 Å². The summed E-state index contributed by atoms with van der Waals surface area (Å²) in [5.74, 6) is -0.115. The molecule has 0 unspecified atom stereocenters. The van der Waals surface area contributed by atoms with Crippen molar-refractivity contribution in [3.05, 3.63) is 24.3 Å². The number of phenolic OH excluding ortho intramolecular Hbond substituents is 1. The zero-order valence-corrected chi connectivity index (χ0v) is 12.8. The van der Waals surface area contributed by atoms with Crippen LogP contribution >= 0.6 is 12.4 Å². The molecule has 1 aliphatic heterocycles. The van der Waals surface area contributed by atoms with E-state index in [1.54, 1.807) is 12.1 Å². The average Bonchev–Trinajstić information content (AvgIpc) is 2.40. The fraction of sp³-hybridized carbons (Fsp3) is 0.538. The van der Waals surface area contributed by atoms with Gasteiger partial charge in [-0.05, 0) is 25.1 Å². The molecule has 2 rings (SSSR count). The van der Waals surface area contributed by atoms with E-state index in [1.807, 2.05) is 0 Å². The summed E-state index contributed by atoms with van der Waals surface area (Å²) in [7, 11) is -3.40. The van der Waals surface area contributed by atoms with Gasteiger partial charge in [-0.15, -0.1) is 12.4 Å². The molecule has 5 nitrogen and oxygen atoms in total. The molecule has 0 saturated carbocycles. The molecular formula is C13H20ClNO4S. The number of hydrogen-bond donors (Lipinski definition) is 1. The lowest BCUT2D eigenvalue weighted by atomic mass is 10.3. The van der Waals surface area contributed by atoms with Crippen LogP contribution in [0.15, 0.2) is 29.2 Å². The third-order valence-corrected chi connectivity index (χ3v) is 5.03. The molecule has 0 atom stereocenters. The second-order valence-corrected chi connectivity index (χ2v) is 6.67. The number of rotatable bonds is 5. The van der Waals surface area contributed by atoms with Gasteiger partial charge in [0.1, 0.15) is 10.6 Å². The van der Waals surface area contributed by atoms with Crippen molar-refractivity contribution in [2.45, 2.75) is 11.3 Å². The third kappa shape index (κ3) is 4.63. The van der Waals surface area contributed by atoms with Gasteiger partial charge in [0.25, 0.3) is 0 Å². The number of hydrogen-bond acceptors (Lipinski definition) is 5. The number of para-hydroxylation sites is 1. The maximum Gasteiger partial charge on any atom is 0.182 e. The van der Waals surface area contributed by atoms with E-state index in [2.05, 4.69) is 4.90 Å². The minimum absolute atomic E-state index is 0. The molecule has 1 aliphatic rings. The predicted octanol–water partition coefficient (Wildman–Crippen LogP) is 1.31. The molecule has 1 saturated heterocycles. The highest BCUT2D eigenvalue weighted by molar-refractivity contribution is 7.91. The van der Waals surface area contributed by atoms with E-state index in [4.69, 9.17) is 4.74 Å². The molecule has 1 fully saturated rings. The summed E-state index contributed by atoms with van der Waals surface area (Å²) in [6, 6.07) is 6.07. The number of sulfone groups is 1. The number of nitrogens with zero attached hydrogens (tertiary/aromatic N) is 1. The van der Waals surface area contributed by atoms with Crippen LogP contribution in [0, 0.1) is 0 Å². The quantitative estimate of drug-likeness (QED) is 0.885. The van der Waals surface area contributed by atoms with Crippen LogP contribution in [0.3, 0.4) is 0 Å². The lowest BCUT2D eigenvalue weighted by Crippen LogP contribution is -2.37. The van der Waals surface area contributed by atoms with Gasteiger partial charge in [-0.25, -0.2) is 8.42 Å². The predicted molar refractivity (Wildman–Crippen MR) is 79.3 cm³/mol. The van der Waals surface area contributed by atoms with Crippen molar-refractivity contribution in [2.24, 2.45) is 0 Å². The van der Waals surface area contributed by atoms with Crippen LogP contribution in [0.5, 0.6) is 5.75 Å². The fourth-order valence-electron chi connectivity index (χ4n) is 2.13. The Morgan fingerprint density at radius 2 is 1.85 bits per heavy atom. The van der Waals surface area contributed by atoms with Crippen LogP contribution in [-0.4, -0.2) is 57.0 Å². The number of benzene rings is 1. The number of aromatic hydroxyl groups is 1. The molecule has 0 spiro atoms. The number of halogens is 1. The van der Waals surface area contributed by atoms with E-state index in [9.17, 15) is 13.5 Å². The van der Waals surface area contributed by atoms with E-state index in [-0.39, 0.29) is 28.8 Å². The molecule has 1 heterocycles. The van der Waals surface area contributed by atoms with Crippen molar-refractivity contribution in [1.29, 1.82) is 0 Å². The Hall–Kier alpha value is -0.820. The highest BCUT2D eigenvalue weighted by atomic mass is 35.5. The third-order valence-electron chi connectivity index (χ3n) is 3.19. The van der Waals surface area contributed by atoms with Crippen LogP contribution in [-0.2, 0) is 14.6 Å². The van der Waals surface area contributed by atoms with E-state index in [0.717, 1.165) is 19.6 Å². The average molecular weight is 322 g/mol. The maximum atomic E-state index is 12.1. The lowest BCUT2D eigenvalue weighted by molar-refractivity contribution is 0.0381. The van der Waals surface area contributed by atoms with Gasteiger partial charge in [-0.2, -0.15) is 0 Å². The number of ether oxygens (including phenoxy) is 1. The van der Waals surface area contributed by atoms with Gasteiger partial charge in [0, 0.05) is 13.1 Å². The molecule has 0 bridgehead atoms. The fourth-order valence-corrected chi connectivity index (χ4v) is 3.53. The zero-order valence-electron chi connectivity index (χ0n) is 11.2. The molecular weight excluding hydrogens is 302 g/mol.